The van der Waals surface area contributed by atoms with Gasteiger partial charge >= 0.3 is 47.4 Å². The number of rotatable bonds is 18. The lowest BCUT2D eigenvalue weighted by Gasteiger charge is -2.47. The second-order valence-electron chi connectivity index (χ2n) is 8.71. The van der Waals surface area contributed by atoms with Crippen LogP contribution in [-0.2, 0) is 4.74 Å². The lowest BCUT2D eigenvalue weighted by molar-refractivity contribution is -0.475. The van der Waals surface area contributed by atoms with Crippen molar-refractivity contribution >= 4 is 0 Å². The molecule has 0 amide bonds. The second-order valence-corrected chi connectivity index (χ2v) is 8.71. The first kappa shape index (κ1) is 42.8. The fourth-order valence-electron chi connectivity index (χ4n) is 3.04. The number of hydrogen-bond donors (Lipinski definition) is 0. The van der Waals surface area contributed by atoms with Crippen molar-refractivity contribution < 1.29 is 110 Å². The maximum absolute atomic E-state index is 15.2. The average Bonchev–Trinajstić information content (AvgIpc) is 2.86. The number of hydrogen-bond acceptors (Lipinski definition) is 1. The normalized spacial score (nSPS) is 19.2. The van der Waals surface area contributed by atoms with Crippen molar-refractivity contribution in [1.29, 1.82) is 0 Å². The lowest BCUT2D eigenvalue weighted by Crippen LogP contribution is -2.74. The Labute approximate surface area is 233 Å². The molecule has 0 aromatic carbocycles. The molecule has 0 aromatic heterocycles. The smallest absolute Gasteiger partial charge is 0.297 e. The molecule has 0 aliphatic carbocycles. The van der Waals surface area contributed by atoms with Gasteiger partial charge in [0.05, 0.1) is 0 Å². The van der Waals surface area contributed by atoms with Gasteiger partial charge in [0.1, 0.15) is 0 Å². The summed E-state index contributed by atoms with van der Waals surface area (Å²) in [5, 5.41) is 0. The summed E-state index contributed by atoms with van der Waals surface area (Å²) in [5.41, 5.74) is 0. The molecule has 0 saturated heterocycles. The molecule has 0 aliphatic rings. The molecule has 0 saturated carbocycles. The summed E-state index contributed by atoms with van der Waals surface area (Å²) in [7, 11) is 0. The minimum absolute atomic E-state index is 0.721. The van der Waals surface area contributed by atoms with E-state index in [0.29, 0.717) is 0 Å². The number of halogens is 24. The van der Waals surface area contributed by atoms with Crippen LogP contribution in [0.5, 0.6) is 0 Å². The Bertz CT molecular complexity index is 958. The van der Waals surface area contributed by atoms with Crippen LogP contribution in [0.3, 0.4) is 0 Å². The molecule has 0 radical (unpaired) electrons. The minimum atomic E-state index is -8.46. The molecule has 25 heteroatoms. The van der Waals surface area contributed by atoms with Crippen LogP contribution in [0.1, 0.15) is 12.8 Å². The molecule has 0 N–H and O–H groups in total. The highest BCUT2D eigenvalue weighted by Gasteiger charge is 2.91. The standard InChI is InChI=1S/C20H14F24O/c1-3-5-11(27,15(33,34)19(41,42)17(37,38)13(29,30)7(21)9(23)24)45-12(28,6-4-2)16(35,36)20(43,44)18(39,40)14(31,32)8(22)10(25)26/h3-4,7-10H,1-2,5-6H2. The highest BCUT2D eigenvalue weighted by atomic mass is 19.4. The monoisotopic (exact) mass is 726 g/mol. The zero-order valence-electron chi connectivity index (χ0n) is 20.8. The summed E-state index contributed by atoms with van der Waals surface area (Å²) < 4.78 is 332. The van der Waals surface area contributed by atoms with E-state index in [1.807, 2.05) is 0 Å². The van der Waals surface area contributed by atoms with Crippen molar-refractivity contribution in [3.05, 3.63) is 25.3 Å². The largest absolute Gasteiger partial charge is 0.384 e. The first-order chi connectivity index (χ1) is 19.5. The quantitative estimate of drug-likeness (QED) is 0.101. The van der Waals surface area contributed by atoms with Gasteiger partial charge in [0, 0.05) is 12.8 Å². The molecule has 4 unspecified atom stereocenters. The fourth-order valence-corrected chi connectivity index (χ4v) is 3.04. The Balaban J connectivity index is 7.53. The van der Waals surface area contributed by atoms with Crippen molar-refractivity contribution in [1.82, 2.24) is 0 Å². The van der Waals surface area contributed by atoms with Crippen molar-refractivity contribution in [2.75, 3.05) is 0 Å². The fraction of sp³-hybridized carbons (Fsp3) is 0.800. The van der Waals surface area contributed by atoms with Crippen molar-refractivity contribution in [3.8, 4) is 0 Å². The Kier molecular flexibility index (Phi) is 11.8. The predicted molar refractivity (Wildman–Crippen MR) is 99.8 cm³/mol. The van der Waals surface area contributed by atoms with Crippen LogP contribution in [0, 0.1) is 0 Å². The highest BCUT2D eigenvalue weighted by molar-refractivity contribution is 5.15. The summed E-state index contributed by atoms with van der Waals surface area (Å²) in [6, 6.07) is 0. The average molecular weight is 726 g/mol. The van der Waals surface area contributed by atoms with E-state index >= 15 is 8.78 Å². The zero-order chi connectivity index (χ0) is 36.8. The molecular formula is C20H14F24O. The summed E-state index contributed by atoms with van der Waals surface area (Å²) in [4.78, 5) is 0. The van der Waals surface area contributed by atoms with Crippen LogP contribution < -0.4 is 0 Å². The topological polar surface area (TPSA) is 9.23 Å². The molecule has 4 atom stereocenters. The lowest BCUT2D eigenvalue weighted by atomic mass is 9.88. The van der Waals surface area contributed by atoms with E-state index in [4.69, 9.17) is 0 Å². The van der Waals surface area contributed by atoms with Crippen LogP contribution in [0.25, 0.3) is 0 Å². The van der Waals surface area contributed by atoms with Crippen LogP contribution in [-0.4, -0.2) is 84.3 Å². The first-order valence-electron chi connectivity index (χ1n) is 10.7. The molecule has 0 fully saturated rings. The molecule has 0 aliphatic heterocycles. The van der Waals surface area contributed by atoms with Crippen molar-refractivity contribution in [2.24, 2.45) is 0 Å². The van der Waals surface area contributed by atoms with Gasteiger partial charge < -0.3 is 0 Å². The van der Waals surface area contributed by atoms with E-state index in [-0.39, 0.29) is 0 Å². The van der Waals surface area contributed by atoms with E-state index in [9.17, 15) is 96.6 Å². The number of ether oxygens (including phenoxy) is 1. The molecule has 0 aromatic rings. The van der Waals surface area contributed by atoms with Gasteiger partial charge in [0.15, 0.2) is 0 Å². The van der Waals surface area contributed by atoms with Crippen LogP contribution in [0.15, 0.2) is 25.3 Å². The van der Waals surface area contributed by atoms with Crippen LogP contribution >= 0.6 is 0 Å². The maximum atomic E-state index is 15.2. The van der Waals surface area contributed by atoms with E-state index < -0.39 is 109 Å². The summed E-state index contributed by atoms with van der Waals surface area (Å²) >= 11 is 0. The summed E-state index contributed by atoms with van der Waals surface area (Å²) in [6.45, 7) is 4.39. The summed E-state index contributed by atoms with van der Waals surface area (Å²) in [5.74, 6) is -79.2. The predicted octanol–water partition coefficient (Wildman–Crippen LogP) is 9.78. The van der Waals surface area contributed by atoms with Gasteiger partial charge in [-0.1, -0.05) is 12.2 Å². The van der Waals surface area contributed by atoms with E-state index in [0.717, 1.165) is 0 Å². The van der Waals surface area contributed by atoms with Gasteiger partial charge in [-0.05, 0) is 0 Å². The van der Waals surface area contributed by atoms with Crippen LogP contribution in [0.2, 0.25) is 0 Å². The third-order valence-electron chi connectivity index (χ3n) is 5.62. The van der Waals surface area contributed by atoms with Gasteiger partial charge in [0.2, 0.25) is 12.3 Å². The van der Waals surface area contributed by atoms with Gasteiger partial charge in [0.25, 0.3) is 24.6 Å². The van der Waals surface area contributed by atoms with E-state index in [1.165, 1.54) is 0 Å². The molecule has 0 spiro atoms. The SMILES string of the molecule is C=CCC(F)(OC(F)(CC=C)C(F)(F)C(F)(F)C(F)(F)C(F)(F)C(F)C(F)F)C(F)(F)C(F)(F)C(F)(F)C(F)(F)C(F)C(F)F. The molecule has 0 rings (SSSR count). The second kappa shape index (κ2) is 12.4. The van der Waals surface area contributed by atoms with Crippen molar-refractivity contribution in [3.63, 3.8) is 0 Å². The molecule has 268 valence electrons. The molecule has 45 heavy (non-hydrogen) atoms. The first-order valence-corrected chi connectivity index (χ1v) is 10.7. The molecule has 0 bridgehead atoms. The van der Waals surface area contributed by atoms with Gasteiger partial charge in [-0.15, -0.1) is 13.2 Å². The van der Waals surface area contributed by atoms with Gasteiger partial charge in [-0.25, -0.2) is 35.1 Å². The third-order valence-corrected chi connectivity index (χ3v) is 5.62. The Morgan fingerprint density at radius 3 is 0.800 bits per heavy atom. The zero-order valence-corrected chi connectivity index (χ0v) is 20.8. The molecule has 0 heterocycles. The molecule has 1 nitrogen and oxygen atoms in total. The Morgan fingerprint density at radius 2 is 0.622 bits per heavy atom. The highest BCUT2D eigenvalue weighted by Crippen LogP contribution is 2.63. The third kappa shape index (κ3) is 6.13. The Morgan fingerprint density at radius 1 is 0.400 bits per heavy atom. The van der Waals surface area contributed by atoms with Gasteiger partial charge in [-0.2, -0.15) is 70.2 Å². The molecular weight excluding hydrogens is 712 g/mol. The van der Waals surface area contributed by atoms with Crippen molar-refractivity contribution in [2.45, 2.75) is 97.1 Å². The van der Waals surface area contributed by atoms with E-state index in [1.54, 1.807) is 0 Å². The number of alkyl halides is 24. The van der Waals surface area contributed by atoms with E-state index in [2.05, 4.69) is 17.9 Å². The Hall–Kier alpha value is -2.24. The maximum Gasteiger partial charge on any atom is 0.384 e. The summed E-state index contributed by atoms with van der Waals surface area (Å²) in [6.07, 6.45) is -30.4. The van der Waals surface area contributed by atoms with Crippen LogP contribution in [0.4, 0.5) is 105 Å². The van der Waals surface area contributed by atoms with Gasteiger partial charge in [-0.3, -0.25) is 4.74 Å². The minimum Gasteiger partial charge on any atom is -0.297 e.